The van der Waals surface area contributed by atoms with Crippen LogP contribution in [0.3, 0.4) is 0 Å². The van der Waals surface area contributed by atoms with Crippen LogP contribution in [0.5, 0.6) is 0 Å². The standard InChI is InChI=1S/C14H13Br3N2O/c1-3-19-12(14(17)8(2)18-19)7-13(20)9-4-10(15)6-11(16)5-9/h4-6H,3,7H2,1-2H3. The molecular formula is C14H13Br3N2O. The van der Waals surface area contributed by atoms with Crippen molar-refractivity contribution < 1.29 is 4.79 Å². The van der Waals surface area contributed by atoms with E-state index in [1.807, 2.05) is 36.7 Å². The molecule has 6 heteroatoms. The van der Waals surface area contributed by atoms with Gasteiger partial charge in [0.25, 0.3) is 0 Å². The van der Waals surface area contributed by atoms with Crippen LogP contribution in [0.15, 0.2) is 31.6 Å². The second-order valence-electron chi connectivity index (χ2n) is 4.42. The molecule has 0 saturated heterocycles. The molecule has 0 aliphatic rings. The maximum atomic E-state index is 12.4. The number of hydrogen-bond donors (Lipinski definition) is 0. The minimum Gasteiger partial charge on any atom is -0.294 e. The number of rotatable bonds is 4. The molecule has 1 heterocycles. The summed E-state index contributed by atoms with van der Waals surface area (Å²) in [5.74, 6) is 0.0716. The fourth-order valence-corrected chi connectivity index (χ4v) is 3.72. The average Bonchev–Trinajstić information content (AvgIpc) is 2.65. The lowest BCUT2D eigenvalue weighted by atomic mass is 10.1. The lowest BCUT2D eigenvalue weighted by molar-refractivity contribution is 0.0990. The first-order chi connectivity index (χ1) is 9.42. The van der Waals surface area contributed by atoms with Gasteiger partial charge in [0.2, 0.25) is 0 Å². The molecule has 0 spiro atoms. The van der Waals surface area contributed by atoms with Gasteiger partial charge in [-0.05, 0) is 48.0 Å². The molecule has 1 aromatic heterocycles. The smallest absolute Gasteiger partial charge is 0.168 e. The summed E-state index contributed by atoms with van der Waals surface area (Å²) in [6.45, 7) is 4.69. The van der Waals surface area contributed by atoms with E-state index >= 15 is 0 Å². The third-order valence-corrected chi connectivity index (χ3v) is 4.91. The molecule has 0 N–H and O–H groups in total. The van der Waals surface area contributed by atoms with Crippen molar-refractivity contribution in [2.24, 2.45) is 0 Å². The largest absolute Gasteiger partial charge is 0.294 e. The Morgan fingerprint density at radius 2 is 1.80 bits per heavy atom. The van der Waals surface area contributed by atoms with Crippen molar-refractivity contribution in [2.75, 3.05) is 0 Å². The van der Waals surface area contributed by atoms with Crippen molar-refractivity contribution in [3.8, 4) is 0 Å². The van der Waals surface area contributed by atoms with Crippen molar-refractivity contribution in [2.45, 2.75) is 26.8 Å². The van der Waals surface area contributed by atoms with Gasteiger partial charge in [0.15, 0.2) is 5.78 Å². The zero-order chi connectivity index (χ0) is 14.9. The minimum atomic E-state index is 0.0716. The van der Waals surface area contributed by atoms with Crippen molar-refractivity contribution >= 4 is 53.6 Å². The van der Waals surface area contributed by atoms with Crippen molar-refractivity contribution in [3.05, 3.63) is 48.6 Å². The van der Waals surface area contributed by atoms with Gasteiger partial charge in [0, 0.05) is 21.1 Å². The number of Topliss-reactive ketones (excluding diaryl/α,β-unsaturated/α-hetero) is 1. The number of halogens is 3. The number of carbonyl (C=O) groups excluding carboxylic acids is 1. The Balaban J connectivity index is 2.32. The summed E-state index contributed by atoms with van der Waals surface area (Å²) in [5.41, 5.74) is 2.51. The Morgan fingerprint density at radius 3 is 2.35 bits per heavy atom. The van der Waals surface area contributed by atoms with Crippen LogP contribution < -0.4 is 0 Å². The van der Waals surface area contributed by atoms with E-state index < -0.39 is 0 Å². The van der Waals surface area contributed by atoms with E-state index in [1.54, 1.807) is 0 Å². The highest BCUT2D eigenvalue weighted by atomic mass is 79.9. The van der Waals surface area contributed by atoms with Crippen molar-refractivity contribution in [1.29, 1.82) is 0 Å². The number of aromatic nitrogens is 2. The summed E-state index contributed by atoms with van der Waals surface area (Å²) in [4.78, 5) is 12.4. The molecule has 3 nitrogen and oxygen atoms in total. The lowest BCUT2D eigenvalue weighted by Gasteiger charge is -2.06. The third kappa shape index (κ3) is 3.40. The van der Waals surface area contributed by atoms with Gasteiger partial charge in [-0.25, -0.2) is 0 Å². The molecule has 2 aromatic rings. The van der Waals surface area contributed by atoms with Crippen LogP contribution in [0.4, 0.5) is 0 Å². The molecule has 0 aliphatic heterocycles. The predicted octanol–water partition coefficient (Wildman–Crippen LogP) is 4.92. The summed E-state index contributed by atoms with van der Waals surface area (Å²) in [5, 5.41) is 4.41. The SMILES string of the molecule is CCn1nc(C)c(Br)c1CC(=O)c1cc(Br)cc(Br)c1. The van der Waals surface area contributed by atoms with E-state index in [2.05, 4.69) is 52.9 Å². The Hall–Kier alpha value is -0.460. The van der Waals surface area contributed by atoms with E-state index in [0.29, 0.717) is 12.0 Å². The highest BCUT2D eigenvalue weighted by Gasteiger charge is 2.17. The summed E-state index contributed by atoms with van der Waals surface area (Å²) >= 11 is 10.3. The van der Waals surface area contributed by atoms with Crippen LogP contribution in [0.2, 0.25) is 0 Å². The maximum absolute atomic E-state index is 12.4. The fourth-order valence-electron chi connectivity index (χ4n) is 2.01. The zero-order valence-electron chi connectivity index (χ0n) is 11.1. The number of hydrogen-bond acceptors (Lipinski definition) is 2. The molecule has 106 valence electrons. The quantitative estimate of drug-likeness (QED) is 0.602. The molecular weight excluding hydrogens is 452 g/mol. The first kappa shape index (κ1) is 15.9. The topological polar surface area (TPSA) is 34.9 Å². The van der Waals surface area contributed by atoms with Crippen LogP contribution in [0.1, 0.15) is 28.7 Å². The molecule has 0 atom stereocenters. The minimum absolute atomic E-state index is 0.0716. The number of aryl methyl sites for hydroxylation is 2. The van der Waals surface area contributed by atoms with Gasteiger partial charge in [-0.2, -0.15) is 5.10 Å². The first-order valence-corrected chi connectivity index (χ1v) is 8.51. The van der Waals surface area contributed by atoms with Gasteiger partial charge >= 0.3 is 0 Å². The third-order valence-electron chi connectivity index (χ3n) is 2.97. The molecule has 0 saturated carbocycles. The van der Waals surface area contributed by atoms with Gasteiger partial charge in [-0.15, -0.1) is 0 Å². The van der Waals surface area contributed by atoms with Gasteiger partial charge in [0.05, 0.1) is 22.3 Å². The fraction of sp³-hybridized carbons (Fsp3) is 0.286. The van der Waals surface area contributed by atoms with Gasteiger partial charge in [-0.1, -0.05) is 31.9 Å². The Bertz CT molecular complexity index is 644. The second kappa shape index (κ2) is 6.54. The Morgan fingerprint density at radius 1 is 1.20 bits per heavy atom. The summed E-state index contributed by atoms with van der Waals surface area (Å²) in [7, 11) is 0. The molecule has 0 radical (unpaired) electrons. The first-order valence-electron chi connectivity index (χ1n) is 6.13. The number of carbonyl (C=O) groups is 1. The van der Waals surface area contributed by atoms with Crippen molar-refractivity contribution in [1.82, 2.24) is 9.78 Å². The van der Waals surface area contributed by atoms with E-state index in [4.69, 9.17) is 0 Å². The van der Waals surface area contributed by atoms with Crippen LogP contribution in [0, 0.1) is 6.92 Å². The monoisotopic (exact) mass is 462 g/mol. The normalized spacial score (nSPS) is 10.8. The zero-order valence-corrected chi connectivity index (χ0v) is 15.8. The molecule has 0 bridgehead atoms. The number of benzene rings is 1. The van der Waals surface area contributed by atoms with E-state index in [9.17, 15) is 4.79 Å². The van der Waals surface area contributed by atoms with E-state index in [0.717, 1.165) is 31.4 Å². The van der Waals surface area contributed by atoms with Gasteiger partial charge in [-0.3, -0.25) is 9.48 Å². The highest BCUT2D eigenvalue weighted by molar-refractivity contribution is 9.11. The molecule has 20 heavy (non-hydrogen) atoms. The lowest BCUT2D eigenvalue weighted by Crippen LogP contribution is -2.10. The second-order valence-corrected chi connectivity index (χ2v) is 7.04. The number of nitrogens with zero attached hydrogens (tertiary/aromatic N) is 2. The van der Waals surface area contributed by atoms with Crippen LogP contribution in [0.25, 0.3) is 0 Å². The Kier molecular flexibility index (Phi) is 5.20. The van der Waals surface area contributed by atoms with Gasteiger partial charge < -0.3 is 0 Å². The molecule has 0 unspecified atom stereocenters. The molecule has 2 rings (SSSR count). The van der Waals surface area contributed by atoms with Crippen LogP contribution >= 0.6 is 47.8 Å². The predicted molar refractivity (Wildman–Crippen MR) is 90.2 cm³/mol. The highest BCUT2D eigenvalue weighted by Crippen LogP contribution is 2.25. The average molecular weight is 465 g/mol. The molecule has 0 amide bonds. The van der Waals surface area contributed by atoms with E-state index in [1.165, 1.54) is 0 Å². The summed E-state index contributed by atoms with van der Waals surface area (Å²) in [6, 6.07) is 5.58. The summed E-state index contributed by atoms with van der Waals surface area (Å²) in [6.07, 6.45) is 0.332. The Labute approximate surface area is 143 Å². The van der Waals surface area contributed by atoms with Gasteiger partial charge in [0.1, 0.15) is 0 Å². The molecule has 0 aliphatic carbocycles. The molecule has 0 fully saturated rings. The maximum Gasteiger partial charge on any atom is 0.168 e. The number of ketones is 1. The van der Waals surface area contributed by atoms with Crippen LogP contribution in [-0.2, 0) is 13.0 Å². The van der Waals surface area contributed by atoms with Crippen LogP contribution in [-0.4, -0.2) is 15.6 Å². The van der Waals surface area contributed by atoms with E-state index in [-0.39, 0.29) is 5.78 Å². The molecule has 1 aromatic carbocycles. The summed E-state index contributed by atoms with van der Waals surface area (Å²) < 4.78 is 4.55. The van der Waals surface area contributed by atoms with Crippen molar-refractivity contribution in [3.63, 3.8) is 0 Å².